The van der Waals surface area contributed by atoms with Crippen LogP contribution in [0.3, 0.4) is 0 Å². The molecule has 1 aromatic carbocycles. The summed E-state index contributed by atoms with van der Waals surface area (Å²) in [7, 11) is 0. The van der Waals surface area contributed by atoms with Crippen LogP contribution in [-0.4, -0.2) is 25.5 Å². The van der Waals surface area contributed by atoms with E-state index < -0.39 is 12.3 Å². The molecule has 3 rings (SSSR count). The highest BCUT2D eigenvalue weighted by Crippen LogP contribution is 2.29. The van der Waals surface area contributed by atoms with Crippen molar-refractivity contribution in [2.75, 3.05) is 5.32 Å². The Balaban J connectivity index is 1.58. The number of hydrogen-bond donors (Lipinski definition) is 1. The number of aryl methyl sites for hydroxylation is 2. The smallest absolute Gasteiger partial charge is 0.283 e. The van der Waals surface area contributed by atoms with E-state index in [0.29, 0.717) is 11.4 Å². The summed E-state index contributed by atoms with van der Waals surface area (Å²) in [5.41, 5.74) is 2.71. The summed E-state index contributed by atoms with van der Waals surface area (Å²) in [5, 5.41) is 10.6. The first-order valence-corrected chi connectivity index (χ1v) is 9.57. The van der Waals surface area contributed by atoms with E-state index in [1.54, 1.807) is 17.8 Å². The number of benzene rings is 1. The second kappa shape index (κ2) is 8.73. The van der Waals surface area contributed by atoms with Crippen molar-refractivity contribution in [1.82, 2.24) is 19.6 Å². The van der Waals surface area contributed by atoms with E-state index in [9.17, 15) is 13.6 Å². The van der Waals surface area contributed by atoms with Crippen molar-refractivity contribution in [3.05, 3.63) is 57.6 Å². The molecular formula is C19H20BrF2N5O2. The quantitative estimate of drug-likeness (QED) is 0.559. The number of amides is 1. The van der Waals surface area contributed by atoms with E-state index in [-0.39, 0.29) is 23.4 Å². The van der Waals surface area contributed by atoms with Gasteiger partial charge in [0, 0.05) is 0 Å². The molecule has 0 bridgehead atoms. The lowest BCUT2D eigenvalue weighted by molar-refractivity contribution is -0.117. The summed E-state index contributed by atoms with van der Waals surface area (Å²) in [6.45, 7) is 5.58. The topological polar surface area (TPSA) is 74.0 Å². The van der Waals surface area contributed by atoms with Crippen molar-refractivity contribution in [2.45, 2.75) is 40.5 Å². The van der Waals surface area contributed by atoms with Gasteiger partial charge in [0.1, 0.15) is 18.0 Å². The molecule has 1 N–H and O–H groups in total. The van der Waals surface area contributed by atoms with Crippen LogP contribution in [0.25, 0.3) is 0 Å². The van der Waals surface area contributed by atoms with E-state index in [1.165, 1.54) is 10.9 Å². The molecule has 29 heavy (non-hydrogen) atoms. The van der Waals surface area contributed by atoms with Crippen molar-refractivity contribution in [2.24, 2.45) is 0 Å². The Labute approximate surface area is 174 Å². The molecule has 2 aromatic heterocycles. The molecule has 0 spiro atoms. The van der Waals surface area contributed by atoms with Gasteiger partial charge in [0.2, 0.25) is 5.91 Å². The van der Waals surface area contributed by atoms with Crippen molar-refractivity contribution in [3.8, 4) is 5.75 Å². The summed E-state index contributed by atoms with van der Waals surface area (Å²) in [4.78, 5) is 12.2. The van der Waals surface area contributed by atoms with Crippen LogP contribution in [0, 0.1) is 20.8 Å². The van der Waals surface area contributed by atoms with Gasteiger partial charge in [0.15, 0.2) is 6.73 Å². The van der Waals surface area contributed by atoms with Crippen molar-refractivity contribution in [3.63, 3.8) is 0 Å². The van der Waals surface area contributed by atoms with Gasteiger partial charge < -0.3 is 10.1 Å². The van der Waals surface area contributed by atoms with Gasteiger partial charge in [0.05, 0.1) is 28.2 Å². The number of nitrogens with one attached hydrogen (secondary N) is 1. The predicted molar refractivity (Wildman–Crippen MR) is 107 cm³/mol. The standard InChI is InChI=1S/C19H20BrF2N5O2/c1-11-4-5-15(12(2)6-11)29-10-26-8-14(7-23-26)24-16(28)9-27-13(3)17(20)18(25-27)19(21)22/h4-8,19H,9-10H2,1-3H3,(H,24,28). The SMILES string of the molecule is Cc1ccc(OCn2cc(NC(=O)Cn3nc(C(F)F)c(Br)c3C)cn2)c(C)c1. The average molecular weight is 468 g/mol. The van der Waals surface area contributed by atoms with Gasteiger partial charge >= 0.3 is 0 Å². The molecule has 0 saturated heterocycles. The van der Waals surface area contributed by atoms with Crippen LogP contribution in [0.5, 0.6) is 5.75 Å². The minimum Gasteiger partial charge on any atom is -0.471 e. The van der Waals surface area contributed by atoms with E-state index in [4.69, 9.17) is 4.74 Å². The fourth-order valence-electron chi connectivity index (χ4n) is 2.77. The van der Waals surface area contributed by atoms with Crippen LogP contribution in [-0.2, 0) is 18.1 Å². The third-order valence-electron chi connectivity index (χ3n) is 4.26. The van der Waals surface area contributed by atoms with Crippen LogP contribution in [0.2, 0.25) is 0 Å². The molecular weight excluding hydrogens is 448 g/mol. The fraction of sp³-hybridized carbons (Fsp3) is 0.316. The van der Waals surface area contributed by atoms with Gasteiger partial charge in [-0.05, 0) is 48.3 Å². The number of carbonyl (C=O) groups is 1. The van der Waals surface area contributed by atoms with Crippen LogP contribution in [0.1, 0.15) is 28.9 Å². The summed E-state index contributed by atoms with van der Waals surface area (Å²) < 4.78 is 34.6. The Kier molecular flexibility index (Phi) is 6.31. The lowest BCUT2D eigenvalue weighted by Crippen LogP contribution is -2.20. The Morgan fingerprint density at radius 3 is 2.72 bits per heavy atom. The first-order valence-electron chi connectivity index (χ1n) is 8.78. The molecule has 0 aliphatic heterocycles. The Morgan fingerprint density at radius 1 is 1.31 bits per heavy atom. The maximum absolute atomic E-state index is 12.9. The molecule has 0 radical (unpaired) electrons. The Bertz CT molecular complexity index is 1030. The number of anilines is 1. The molecule has 1 amide bonds. The molecule has 0 aliphatic carbocycles. The third kappa shape index (κ3) is 5.00. The molecule has 3 aromatic rings. The molecule has 2 heterocycles. The van der Waals surface area contributed by atoms with E-state index in [0.717, 1.165) is 16.9 Å². The van der Waals surface area contributed by atoms with Crippen molar-refractivity contribution in [1.29, 1.82) is 0 Å². The minimum atomic E-state index is -2.72. The summed E-state index contributed by atoms with van der Waals surface area (Å²) in [6, 6.07) is 5.89. The zero-order valence-electron chi connectivity index (χ0n) is 16.1. The van der Waals surface area contributed by atoms with E-state index in [1.807, 2.05) is 32.0 Å². The third-order valence-corrected chi connectivity index (χ3v) is 5.24. The molecule has 0 atom stereocenters. The second-order valence-corrected chi connectivity index (χ2v) is 7.40. The van der Waals surface area contributed by atoms with Gasteiger partial charge in [-0.1, -0.05) is 17.7 Å². The number of aromatic nitrogens is 4. The minimum absolute atomic E-state index is 0.183. The highest BCUT2D eigenvalue weighted by Gasteiger charge is 2.21. The zero-order chi connectivity index (χ0) is 21.1. The molecule has 154 valence electrons. The fourth-order valence-corrected chi connectivity index (χ4v) is 3.23. The van der Waals surface area contributed by atoms with Gasteiger partial charge in [-0.25, -0.2) is 13.5 Å². The van der Waals surface area contributed by atoms with Crippen molar-refractivity contribution < 1.29 is 18.3 Å². The highest BCUT2D eigenvalue weighted by molar-refractivity contribution is 9.10. The first-order chi connectivity index (χ1) is 13.7. The number of nitrogens with zero attached hydrogens (tertiary/aromatic N) is 4. The second-order valence-electron chi connectivity index (χ2n) is 6.60. The predicted octanol–water partition coefficient (Wildman–Crippen LogP) is 4.38. The number of ether oxygens (including phenoxy) is 1. The largest absolute Gasteiger partial charge is 0.471 e. The number of rotatable bonds is 7. The van der Waals surface area contributed by atoms with Gasteiger partial charge in [-0.15, -0.1) is 0 Å². The molecule has 7 nitrogen and oxygen atoms in total. The normalized spacial score (nSPS) is 11.1. The first kappa shape index (κ1) is 21.0. The maximum atomic E-state index is 12.9. The van der Waals surface area contributed by atoms with E-state index >= 15 is 0 Å². The number of halogens is 3. The van der Waals surface area contributed by atoms with Crippen LogP contribution in [0.15, 0.2) is 35.1 Å². The number of carbonyl (C=O) groups excluding carboxylic acids is 1. The van der Waals surface area contributed by atoms with Crippen LogP contribution in [0.4, 0.5) is 14.5 Å². The summed E-state index contributed by atoms with van der Waals surface area (Å²) >= 11 is 3.08. The highest BCUT2D eigenvalue weighted by atomic mass is 79.9. The molecule has 0 aliphatic rings. The van der Waals surface area contributed by atoms with Crippen LogP contribution < -0.4 is 10.1 Å². The van der Waals surface area contributed by atoms with Crippen LogP contribution >= 0.6 is 15.9 Å². The van der Waals surface area contributed by atoms with E-state index in [2.05, 4.69) is 31.4 Å². The number of hydrogen-bond acceptors (Lipinski definition) is 4. The lowest BCUT2D eigenvalue weighted by Gasteiger charge is -2.09. The lowest BCUT2D eigenvalue weighted by atomic mass is 10.1. The Hall–Kier alpha value is -2.75. The van der Waals surface area contributed by atoms with Gasteiger partial charge in [-0.2, -0.15) is 10.2 Å². The number of alkyl halides is 2. The molecule has 0 fully saturated rings. The Morgan fingerprint density at radius 2 is 2.07 bits per heavy atom. The molecule has 0 saturated carbocycles. The molecule has 10 heteroatoms. The summed E-state index contributed by atoms with van der Waals surface area (Å²) in [6.07, 6.45) is 0.389. The van der Waals surface area contributed by atoms with Gasteiger partial charge in [-0.3, -0.25) is 9.48 Å². The maximum Gasteiger partial charge on any atom is 0.283 e. The van der Waals surface area contributed by atoms with Crippen molar-refractivity contribution >= 4 is 27.5 Å². The average Bonchev–Trinajstić information content (AvgIpc) is 3.20. The van der Waals surface area contributed by atoms with Gasteiger partial charge in [0.25, 0.3) is 6.43 Å². The monoisotopic (exact) mass is 467 g/mol. The summed E-state index contributed by atoms with van der Waals surface area (Å²) in [5.74, 6) is 0.352. The molecule has 0 unspecified atom stereocenters. The zero-order valence-corrected chi connectivity index (χ0v) is 17.7.